The van der Waals surface area contributed by atoms with Crippen LogP contribution in [0, 0.1) is 18.7 Å². The molecule has 0 amide bonds. The summed E-state index contributed by atoms with van der Waals surface area (Å²) in [5, 5.41) is 0. The molecule has 1 aromatic carbocycles. The van der Waals surface area contributed by atoms with Crippen LogP contribution in [0.15, 0.2) is 12.1 Å². The van der Waals surface area contributed by atoms with E-state index in [1.54, 1.807) is 13.2 Å². The smallest absolute Gasteiger partial charge is 0.126 e. The topological polar surface area (TPSA) is 38.5 Å². The molecule has 1 aromatic rings. The van der Waals surface area contributed by atoms with Crippen LogP contribution in [0.25, 0.3) is 0 Å². The minimum atomic E-state index is -0.171. The Kier molecular flexibility index (Phi) is 5.00. The van der Waals surface area contributed by atoms with Gasteiger partial charge in [-0.2, -0.15) is 0 Å². The number of nitrogens with two attached hydrogens (primary N) is 1. The van der Waals surface area contributed by atoms with Gasteiger partial charge in [0.05, 0.1) is 0 Å². The fourth-order valence-electron chi connectivity index (χ4n) is 2.90. The summed E-state index contributed by atoms with van der Waals surface area (Å²) in [7, 11) is 1.75. The van der Waals surface area contributed by atoms with Gasteiger partial charge < -0.3 is 15.4 Å². The lowest BCUT2D eigenvalue weighted by molar-refractivity contribution is 0.139. The summed E-state index contributed by atoms with van der Waals surface area (Å²) in [6.45, 7) is 6.51. The SMILES string of the molecule is COCC1CCN(c2cc(C)c(F)cc2C(C)N)CC1. The van der Waals surface area contributed by atoms with Crippen LogP contribution in [-0.2, 0) is 4.74 Å². The van der Waals surface area contributed by atoms with Crippen LogP contribution in [0.2, 0.25) is 0 Å². The molecule has 4 heteroatoms. The van der Waals surface area contributed by atoms with Crippen molar-refractivity contribution >= 4 is 5.69 Å². The molecule has 0 spiro atoms. The normalized spacial score (nSPS) is 18.4. The van der Waals surface area contributed by atoms with Gasteiger partial charge in [0.1, 0.15) is 5.82 Å². The lowest BCUT2D eigenvalue weighted by Gasteiger charge is -2.35. The Labute approximate surface area is 120 Å². The zero-order valence-electron chi connectivity index (χ0n) is 12.7. The van der Waals surface area contributed by atoms with E-state index in [1.807, 2.05) is 19.9 Å². The van der Waals surface area contributed by atoms with Crippen molar-refractivity contribution in [1.82, 2.24) is 0 Å². The average Bonchev–Trinajstić information content (AvgIpc) is 2.42. The van der Waals surface area contributed by atoms with E-state index in [1.165, 1.54) is 0 Å². The van der Waals surface area contributed by atoms with Crippen molar-refractivity contribution in [3.8, 4) is 0 Å². The first-order valence-electron chi connectivity index (χ1n) is 7.32. The first-order chi connectivity index (χ1) is 9.52. The highest BCUT2D eigenvalue weighted by Gasteiger charge is 2.22. The fraction of sp³-hybridized carbons (Fsp3) is 0.625. The van der Waals surface area contributed by atoms with E-state index < -0.39 is 0 Å². The van der Waals surface area contributed by atoms with E-state index in [4.69, 9.17) is 10.5 Å². The molecule has 2 rings (SSSR count). The molecule has 1 heterocycles. The second-order valence-electron chi connectivity index (χ2n) is 5.83. The standard InChI is InChI=1S/C16H25FN2O/c1-11-8-16(14(12(2)18)9-15(11)17)19-6-4-13(5-7-19)10-20-3/h8-9,12-13H,4-7,10,18H2,1-3H3. The van der Waals surface area contributed by atoms with Crippen LogP contribution >= 0.6 is 0 Å². The molecule has 1 aliphatic rings. The molecular formula is C16H25FN2O. The Hall–Kier alpha value is -1.13. The van der Waals surface area contributed by atoms with Gasteiger partial charge in [-0.1, -0.05) is 0 Å². The Bertz CT molecular complexity index is 454. The van der Waals surface area contributed by atoms with Crippen molar-refractivity contribution in [3.05, 3.63) is 29.1 Å². The van der Waals surface area contributed by atoms with Crippen molar-refractivity contribution in [2.45, 2.75) is 32.7 Å². The van der Waals surface area contributed by atoms with E-state index >= 15 is 0 Å². The van der Waals surface area contributed by atoms with Crippen LogP contribution in [0.5, 0.6) is 0 Å². The number of methoxy groups -OCH3 is 1. The summed E-state index contributed by atoms with van der Waals surface area (Å²) in [6.07, 6.45) is 2.23. The predicted molar refractivity (Wildman–Crippen MR) is 80.6 cm³/mol. The van der Waals surface area contributed by atoms with Crippen LogP contribution in [0.4, 0.5) is 10.1 Å². The molecule has 1 unspecified atom stereocenters. The summed E-state index contributed by atoms with van der Waals surface area (Å²) in [5.74, 6) is 0.465. The lowest BCUT2D eigenvalue weighted by Crippen LogP contribution is -2.36. The Morgan fingerprint density at radius 2 is 2.05 bits per heavy atom. The monoisotopic (exact) mass is 280 g/mol. The lowest BCUT2D eigenvalue weighted by atomic mass is 9.95. The number of benzene rings is 1. The van der Waals surface area contributed by atoms with E-state index in [-0.39, 0.29) is 11.9 Å². The van der Waals surface area contributed by atoms with Gasteiger partial charge in [-0.25, -0.2) is 4.39 Å². The molecule has 20 heavy (non-hydrogen) atoms. The van der Waals surface area contributed by atoms with E-state index in [0.29, 0.717) is 11.5 Å². The number of piperidine rings is 1. The third kappa shape index (κ3) is 3.30. The molecule has 1 aliphatic heterocycles. The number of hydrogen-bond donors (Lipinski definition) is 1. The molecule has 0 saturated carbocycles. The van der Waals surface area contributed by atoms with Crippen molar-refractivity contribution in [1.29, 1.82) is 0 Å². The highest BCUT2D eigenvalue weighted by Crippen LogP contribution is 2.31. The number of halogens is 1. The molecule has 0 aliphatic carbocycles. The Morgan fingerprint density at radius 1 is 1.40 bits per heavy atom. The highest BCUT2D eigenvalue weighted by molar-refractivity contribution is 5.57. The number of hydrogen-bond acceptors (Lipinski definition) is 3. The van der Waals surface area contributed by atoms with Crippen LogP contribution in [-0.4, -0.2) is 26.8 Å². The second kappa shape index (κ2) is 6.55. The van der Waals surface area contributed by atoms with Gasteiger partial charge in [0, 0.05) is 38.5 Å². The molecule has 0 aromatic heterocycles. The van der Waals surface area contributed by atoms with E-state index in [0.717, 1.165) is 43.8 Å². The Balaban J connectivity index is 2.18. The van der Waals surface area contributed by atoms with Gasteiger partial charge in [-0.3, -0.25) is 0 Å². The quantitative estimate of drug-likeness (QED) is 0.921. The zero-order valence-corrected chi connectivity index (χ0v) is 12.7. The molecule has 1 atom stereocenters. The maximum atomic E-state index is 13.8. The average molecular weight is 280 g/mol. The fourth-order valence-corrected chi connectivity index (χ4v) is 2.90. The maximum absolute atomic E-state index is 13.8. The van der Waals surface area contributed by atoms with Crippen molar-refractivity contribution in [2.24, 2.45) is 11.7 Å². The van der Waals surface area contributed by atoms with Crippen LogP contribution in [0.3, 0.4) is 0 Å². The summed E-state index contributed by atoms with van der Waals surface area (Å²) >= 11 is 0. The van der Waals surface area contributed by atoms with Gasteiger partial charge in [0.25, 0.3) is 0 Å². The van der Waals surface area contributed by atoms with Gasteiger partial charge in [-0.05, 0) is 55.9 Å². The second-order valence-corrected chi connectivity index (χ2v) is 5.83. The third-order valence-corrected chi connectivity index (χ3v) is 4.16. The summed E-state index contributed by atoms with van der Waals surface area (Å²) < 4.78 is 19.0. The molecular weight excluding hydrogens is 255 g/mol. The molecule has 0 bridgehead atoms. The molecule has 2 N–H and O–H groups in total. The number of ether oxygens (including phenoxy) is 1. The maximum Gasteiger partial charge on any atom is 0.126 e. The molecule has 0 radical (unpaired) electrons. The van der Waals surface area contributed by atoms with Crippen LogP contribution < -0.4 is 10.6 Å². The van der Waals surface area contributed by atoms with Gasteiger partial charge in [-0.15, -0.1) is 0 Å². The van der Waals surface area contributed by atoms with Crippen molar-refractivity contribution in [2.75, 3.05) is 31.7 Å². The minimum Gasteiger partial charge on any atom is -0.384 e. The van der Waals surface area contributed by atoms with Gasteiger partial charge in [0.15, 0.2) is 0 Å². The van der Waals surface area contributed by atoms with E-state index in [9.17, 15) is 4.39 Å². The number of aryl methyl sites for hydroxylation is 1. The van der Waals surface area contributed by atoms with E-state index in [2.05, 4.69) is 4.90 Å². The molecule has 3 nitrogen and oxygen atoms in total. The number of rotatable bonds is 4. The highest BCUT2D eigenvalue weighted by atomic mass is 19.1. The summed E-state index contributed by atoms with van der Waals surface area (Å²) in [5.41, 5.74) is 8.68. The first kappa shape index (κ1) is 15.3. The third-order valence-electron chi connectivity index (χ3n) is 4.16. The summed E-state index contributed by atoms with van der Waals surface area (Å²) in [4.78, 5) is 2.33. The molecule has 112 valence electrons. The molecule has 1 fully saturated rings. The molecule has 1 saturated heterocycles. The first-order valence-corrected chi connectivity index (χ1v) is 7.32. The predicted octanol–water partition coefficient (Wildman–Crippen LogP) is 3.02. The van der Waals surface area contributed by atoms with Gasteiger partial charge >= 0.3 is 0 Å². The van der Waals surface area contributed by atoms with Crippen molar-refractivity contribution in [3.63, 3.8) is 0 Å². The van der Waals surface area contributed by atoms with Gasteiger partial charge in [0.2, 0.25) is 0 Å². The summed E-state index contributed by atoms with van der Waals surface area (Å²) in [6, 6.07) is 3.37. The largest absolute Gasteiger partial charge is 0.384 e. The van der Waals surface area contributed by atoms with Crippen LogP contribution in [0.1, 0.15) is 36.9 Å². The number of anilines is 1. The zero-order chi connectivity index (χ0) is 14.7. The van der Waals surface area contributed by atoms with Crippen molar-refractivity contribution < 1.29 is 9.13 Å². The minimum absolute atomic E-state index is 0.156. The number of nitrogens with zero attached hydrogens (tertiary/aromatic N) is 1. The Morgan fingerprint density at radius 3 is 2.60 bits per heavy atom.